The lowest BCUT2D eigenvalue weighted by atomic mass is 10.0. The molecule has 0 unspecified atom stereocenters. The van der Waals surface area contributed by atoms with Gasteiger partial charge in [0, 0.05) is 47.2 Å². The Balaban J connectivity index is 1.90. The van der Waals surface area contributed by atoms with E-state index in [0.717, 1.165) is 39.3 Å². The lowest BCUT2D eigenvalue weighted by molar-refractivity contribution is 1.27. The average Bonchev–Trinajstić information content (AvgIpc) is 2.69. The number of anilines is 1. The van der Waals surface area contributed by atoms with Crippen molar-refractivity contribution in [3.63, 3.8) is 0 Å². The summed E-state index contributed by atoms with van der Waals surface area (Å²) in [6, 6.07) is 19.8. The summed E-state index contributed by atoms with van der Waals surface area (Å²) in [7, 11) is 0. The first-order valence-corrected chi connectivity index (χ1v) is 7.98. The van der Waals surface area contributed by atoms with E-state index in [2.05, 4.69) is 22.1 Å². The number of benzene rings is 1. The van der Waals surface area contributed by atoms with Gasteiger partial charge in [0.05, 0.1) is 11.4 Å². The SMILES string of the molecule is Nc1ccc(-c2cc(-c3cccnc3)cc(-c3cccnc3)n2)cc1. The molecule has 1 aromatic carbocycles. The number of pyridine rings is 3. The molecule has 0 saturated heterocycles. The summed E-state index contributed by atoms with van der Waals surface area (Å²) in [5.41, 5.74) is 12.4. The zero-order chi connectivity index (χ0) is 17.1. The van der Waals surface area contributed by atoms with E-state index < -0.39 is 0 Å². The minimum Gasteiger partial charge on any atom is -0.399 e. The van der Waals surface area contributed by atoms with Gasteiger partial charge in [-0.15, -0.1) is 0 Å². The number of nitrogens with zero attached hydrogens (tertiary/aromatic N) is 3. The second-order valence-corrected chi connectivity index (χ2v) is 5.73. The predicted molar refractivity (Wildman–Crippen MR) is 101 cm³/mol. The van der Waals surface area contributed by atoms with Crippen molar-refractivity contribution < 1.29 is 0 Å². The molecule has 0 aliphatic heterocycles. The third kappa shape index (κ3) is 3.23. The zero-order valence-corrected chi connectivity index (χ0v) is 13.5. The lowest BCUT2D eigenvalue weighted by Crippen LogP contribution is -1.92. The van der Waals surface area contributed by atoms with Gasteiger partial charge in [0.2, 0.25) is 0 Å². The summed E-state index contributed by atoms with van der Waals surface area (Å²) in [6.45, 7) is 0. The van der Waals surface area contributed by atoms with Crippen LogP contribution in [0, 0.1) is 0 Å². The Hall–Kier alpha value is -3.53. The number of hydrogen-bond donors (Lipinski definition) is 1. The Kier molecular flexibility index (Phi) is 3.92. The summed E-state index contributed by atoms with van der Waals surface area (Å²) in [5, 5.41) is 0. The quantitative estimate of drug-likeness (QED) is 0.565. The van der Waals surface area contributed by atoms with E-state index in [1.165, 1.54) is 0 Å². The van der Waals surface area contributed by atoms with Crippen LogP contribution in [-0.2, 0) is 0 Å². The fourth-order valence-electron chi connectivity index (χ4n) is 2.69. The topological polar surface area (TPSA) is 64.7 Å². The summed E-state index contributed by atoms with van der Waals surface area (Å²) in [4.78, 5) is 13.3. The van der Waals surface area contributed by atoms with Crippen LogP contribution < -0.4 is 5.73 Å². The molecule has 3 aromatic heterocycles. The summed E-state index contributed by atoms with van der Waals surface area (Å²) < 4.78 is 0. The summed E-state index contributed by atoms with van der Waals surface area (Å²) >= 11 is 0. The monoisotopic (exact) mass is 324 g/mol. The van der Waals surface area contributed by atoms with Crippen molar-refractivity contribution in [2.75, 3.05) is 5.73 Å². The second-order valence-electron chi connectivity index (χ2n) is 5.73. The number of nitrogens with two attached hydrogens (primary N) is 1. The van der Waals surface area contributed by atoms with Gasteiger partial charge in [0.1, 0.15) is 0 Å². The van der Waals surface area contributed by atoms with E-state index in [4.69, 9.17) is 10.7 Å². The highest BCUT2D eigenvalue weighted by Crippen LogP contribution is 2.29. The number of aromatic nitrogens is 3. The smallest absolute Gasteiger partial charge is 0.0731 e. The highest BCUT2D eigenvalue weighted by molar-refractivity contribution is 5.76. The van der Waals surface area contributed by atoms with Gasteiger partial charge in [-0.25, -0.2) is 4.98 Å². The minimum absolute atomic E-state index is 0.736. The molecular weight excluding hydrogens is 308 g/mol. The van der Waals surface area contributed by atoms with Crippen molar-refractivity contribution in [2.45, 2.75) is 0 Å². The Labute approximate surface area is 146 Å². The van der Waals surface area contributed by atoms with Gasteiger partial charge in [0.15, 0.2) is 0 Å². The molecule has 0 atom stereocenters. The van der Waals surface area contributed by atoms with Gasteiger partial charge in [-0.3, -0.25) is 9.97 Å². The maximum absolute atomic E-state index is 5.81. The van der Waals surface area contributed by atoms with E-state index in [0.29, 0.717) is 0 Å². The van der Waals surface area contributed by atoms with E-state index in [9.17, 15) is 0 Å². The molecule has 0 fully saturated rings. The zero-order valence-electron chi connectivity index (χ0n) is 13.5. The highest BCUT2D eigenvalue weighted by atomic mass is 14.7. The van der Waals surface area contributed by atoms with Crippen molar-refractivity contribution in [1.29, 1.82) is 0 Å². The first-order chi connectivity index (χ1) is 12.3. The van der Waals surface area contributed by atoms with E-state index >= 15 is 0 Å². The van der Waals surface area contributed by atoms with Crippen LogP contribution >= 0.6 is 0 Å². The minimum atomic E-state index is 0.736. The van der Waals surface area contributed by atoms with Crippen molar-refractivity contribution in [2.24, 2.45) is 0 Å². The molecule has 0 aliphatic rings. The molecule has 4 nitrogen and oxygen atoms in total. The van der Waals surface area contributed by atoms with Gasteiger partial charge < -0.3 is 5.73 Å². The molecule has 4 aromatic rings. The Morgan fingerprint density at radius 2 is 1.20 bits per heavy atom. The first kappa shape index (κ1) is 15.0. The van der Waals surface area contributed by atoms with Crippen LogP contribution in [0.1, 0.15) is 0 Å². The molecule has 0 bridgehead atoms. The second kappa shape index (κ2) is 6.53. The van der Waals surface area contributed by atoms with Crippen LogP contribution in [0.3, 0.4) is 0 Å². The Bertz CT molecular complexity index is 924. The third-order valence-corrected chi connectivity index (χ3v) is 3.98. The first-order valence-electron chi connectivity index (χ1n) is 7.98. The molecular formula is C21H16N4. The molecule has 0 spiro atoms. The van der Waals surface area contributed by atoms with Crippen molar-refractivity contribution in [3.05, 3.63) is 85.5 Å². The van der Waals surface area contributed by atoms with Crippen LogP contribution in [0.15, 0.2) is 85.5 Å². The highest BCUT2D eigenvalue weighted by Gasteiger charge is 2.09. The predicted octanol–water partition coefficient (Wildman–Crippen LogP) is 4.45. The molecule has 0 aliphatic carbocycles. The van der Waals surface area contributed by atoms with Gasteiger partial charge in [0.25, 0.3) is 0 Å². The van der Waals surface area contributed by atoms with Crippen molar-refractivity contribution >= 4 is 5.69 Å². The standard InChI is InChI=1S/C21H16N4/c22-19-7-5-15(6-8-19)20-11-18(16-3-1-9-23-13-16)12-21(25-20)17-4-2-10-24-14-17/h1-14H,22H2. The largest absolute Gasteiger partial charge is 0.399 e. The third-order valence-electron chi connectivity index (χ3n) is 3.98. The maximum atomic E-state index is 5.81. The maximum Gasteiger partial charge on any atom is 0.0731 e. The average molecular weight is 324 g/mol. The molecule has 25 heavy (non-hydrogen) atoms. The van der Waals surface area contributed by atoms with Crippen LogP contribution in [0.25, 0.3) is 33.6 Å². The molecule has 0 radical (unpaired) electrons. The van der Waals surface area contributed by atoms with Gasteiger partial charge in [-0.2, -0.15) is 0 Å². The molecule has 4 heteroatoms. The van der Waals surface area contributed by atoms with E-state index in [1.807, 2.05) is 60.9 Å². The fourth-order valence-corrected chi connectivity index (χ4v) is 2.69. The van der Waals surface area contributed by atoms with Crippen molar-refractivity contribution in [3.8, 4) is 33.6 Å². The van der Waals surface area contributed by atoms with Crippen LogP contribution in [-0.4, -0.2) is 15.0 Å². The summed E-state index contributed by atoms with van der Waals surface area (Å²) in [6.07, 6.45) is 7.21. The van der Waals surface area contributed by atoms with E-state index in [1.54, 1.807) is 12.4 Å². The van der Waals surface area contributed by atoms with Gasteiger partial charge >= 0.3 is 0 Å². The lowest BCUT2D eigenvalue weighted by Gasteiger charge is -2.10. The molecule has 0 saturated carbocycles. The molecule has 120 valence electrons. The number of rotatable bonds is 3. The van der Waals surface area contributed by atoms with Gasteiger partial charge in [-0.1, -0.05) is 18.2 Å². The fraction of sp³-hybridized carbons (Fsp3) is 0. The molecule has 3 heterocycles. The number of hydrogen-bond acceptors (Lipinski definition) is 4. The van der Waals surface area contributed by atoms with Crippen LogP contribution in [0.2, 0.25) is 0 Å². The normalized spacial score (nSPS) is 10.6. The van der Waals surface area contributed by atoms with Crippen LogP contribution in [0.4, 0.5) is 5.69 Å². The molecule has 4 rings (SSSR count). The Morgan fingerprint density at radius 3 is 1.80 bits per heavy atom. The molecule has 2 N–H and O–H groups in total. The number of nitrogen functional groups attached to an aromatic ring is 1. The van der Waals surface area contributed by atoms with Crippen molar-refractivity contribution in [1.82, 2.24) is 15.0 Å². The Morgan fingerprint density at radius 1 is 0.600 bits per heavy atom. The van der Waals surface area contributed by atoms with E-state index in [-0.39, 0.29) is 0 Å². The van der Waals surface area contributed by atoms with Gasteiger partial charge in [-0.05, 0) is 48.0 Å². The molecule has 0 amide bonds. The summed E-state index contributed by atoms with van der Waals surface area (Å²) in [5.74, 6) is 0. The van der Waals surface area contributed by atoms with Crippen LogP contribution in [0.5, 0.6) is 0 Å².